The lowest BCUT2D eigenvalue weighted by Gasteiger charge is -2.23. The summed E-state index contributed by atoms with van der Waals surface area (Å²) >= 11 is 0. The number of anilines is 2. The number of ether oxygens (including phenoxy) is 1. The third-order valence-electron chi connectivity index (χ3n) is 2.78. The predicted molar refractivity (Wildman–Crippen MR) is 78.6 cm³/mol. The maximum absolute atomic E-state index is 11.8. The molecular formula is C14H23N3O2. The summed E-state index contributed by atoms with van der Waals surface area (Å²) in [5, 5.41) is 2.63. The zero-order valence-electron chi connectivity index (χ0n) is 12.1. The van der Waals surface area contributed by atoms with Gasteiger partial charge in [-0.1, -0.05) is 0 Å². The molecular weight excluding hydrogens is 242 g/mol. The maximum Gasteiger partial charge on any atom is 0.253 e. The summed E-state index contributed by atoms with van der Waals surface area (Å²) in [7, 11) is 3.54. The maximum atomic E-state index is 11.8. The first-order valence-corrected chi connectivity index (χ1v) is 6.40. The number of nitrogens with zero attached hydrogens (tertiary/aromatic N) is 1. The Morgan fingerprint density at radius 2 is 2.16 bits per heavy atom. The zero-order valence-corrected chi connectivity index (χ0v) is 12.1. The molecule has 0 atom stereocenters. The van der Waals surface area contributed by atoms with Gasteiger partial charge in [0.15, 0.2) is 0 Å². The molecule has 0 spiro atoms. The molecule has 106 valence electrons. The van der Waals surface area contributed by atoms with Crippen molar-refractivity contribution in [2.24, 2.45) is 0 Å². The van der Waals surface area contributed by atoms with E-state index in [1.54, 1.807) is 25.2 Å². The number of nitrogen functional groups attached to an aromatic ring is 1. The molecule has 0 fully saturated rings. The van der Waals surface area contributed by atoms with Gasteiger partial charge < -0.3 is 20.7 Å². The van der Waals surface area contributed by atoms with Crippen molar-refractivity contribution in [1.82, 2.24) is 5.32 Å². The summed E-state index contributed by atoms with van der Waals surface area (Å²) in [6, 6.07) is 5.27. The molecule has 0 aliphatic heterocycles. The molecule has 0 saturated carbocycles. The number of rotatable bonds is 6. The Morgan fingerprint density at radius 1 is 1.47 bits per heavy atom. The van der Waals surface area contributed by atoms with Crippen LogP contribution in [0.25, 0.3) is 0 Å². The van der Waals surface area contributed by atoms with Crippen LogP contribution in [-0.2, 0) is 4.74 Å². The Bertz CT molecular complexity index is 433. The fourth-order valence-electron chi connectivity index (χ4n) is 1.74. The molecule has 1 amide bonds. The van der Waals surface area contributed by atoms with E-state index < -0.39 is 0 Å². The fraction of sp³-hybridized carbons (Fsp3) is 0.500. The minimum absolute atomic E-state index is 0.119. The van der Waals surface area contributed by atoms with E-state index >= 15 is 0 Å². The molecule has 0 aliphatic rings. The van der Waals surface area contributed by atoms with Gasteiger partial charge in [-0.05, 0) is 32.0 Å². The molecule has 0 radical (unpaired) electrons. The van der Waals surface area contributed by atoms with E-state index in [1.165, 1.54) is 0 Å². The van der Waals surface area contributed by atoms with Gasteiger partial charge in [0.2, 0.25) is 0 Å². The number of likely N-dealkylation sites (N-methyl/N-ethyl adjacent to an activating group) is 1. The number of nitrogens with one attached hydrogen (secondary N) is 1. The van der Waals surface area contributed by atoms with Crippen LogP contribution in [0, 0.1) is 0 Å². The molecule has 1 aromatic rings. The van der Waals surface area contributed by atoms with Gasteiger partial charge in [0.05, 0.1) is 24.0 Å². The lowest BCUT2D eigenvalue weighted by molar-refractivity contribution is 0.0844. The lowest BCUT2D eigenvalue weighted by Crippen LogP contribution is -2.28. The van der Waals surface area contributed by atoms with Gasteiger partial charge in [0, 0.05) is 26.3 Å². The van der Waals surface area contributed by atoms with Crippen LogP contribution in [0.1, 0.15) is 24.2 Å². The number of carbonyl (C=O) groups is 1. The summed E-state index contributed by atoms with van der Waals surface area (Å²) < 4.78 is 5.52. The number of nitrogens with two attached hydrogens (primary N) is 1. The van der Waals surface area contributed by atoms with Crippen molar-refractivity contribution >= 4 is 17.3 Å². The van der Waals surface area contributed by atoms with Gasteiger partial charge in [-0.25, -0.2) is 0 Å². The van der Waals surface area contributed by atoms with Crippen LogP contribution in [0.3, 0.4) is 0 Å². The lowest BCUT2D eigenvalue weighted by atomic mass is 10.1. The average Bonchev–Trinajstić information content (AvgIpc) is 2.37. The van der Waals surface area contributed by atoms with Crippen LogP contribution in [0.15, 0.2) is 18.2 Å². The Labute approximate surface area is 114 Å². The third-order valence-corrected chi connectivity index (χ3v) is 2.78. The van der Waals surface area contributed by atoms with Crippen molar-refractivity contribution < 1.29 is 9.53 Å². The summed E-state index contributed by atoms with van der Waals surface area (Å²) in [6.45, 7) is 5.30. The quantitative estimate of drug-likeness (QED) is 0.765. The van der Waals surface area contributed by atoms with E-state index in [-0.39, 0.29) is 12.0 Å². The largest absolute Gasteiger partial charge is 0.399 e. The first-order chi connectivity index (χ1) is 8.95. The Hall–Kier alpha value is -1.75. The summed E-state index contributed by atoms with van der Waals surface area (Å²) in [6.07, 6.45) is 0.202. The van der Waals surface area contributed by atoms with Crippen molar-refractivity contribution in [1.29, 1.82) is 0 Å². The minimum Gasteiger partial charge on any atom is -0.399 e. The third kappa shape index (κ3) is 4.44. The van der Waals surface area contributed by atoms with Crippen molar-refractivity contribution in [3.8, 4) is 0 Å². The van der Waals surface area contributed by atoms with Gasteiger partial charge in [0.25, 0.3) is 5.91 Å². The first-order valence-electron chi connectivity index (χ1n) is 6.40. The second-order valence-electron chi connectivity index (χ2n) is 4.70. The predicted octanol–water partition coefficient (Wildman–Crippen LogP) is 1.49. The Morgan fingerprint density at radius 3 is 2.74 bits per heavy atom. The smallest absolute Gasteiger partial charge is 0.253 e. The van der Waals surface area contributed by atoms with E-state index in [9.17, 15) is 4.79 Å². The van der Waals surface area contributed by atoms with E-state index in [0.29, 0.717) is 24.4 Å². The minimum atomic E-state index is -0.119. The van der Waals surface area contributed by atoms with E-state index in [1.807, 2.05) is 25.8 Å². The summed E-state index contributed by atoms with van der Waals surface area (Å²) in [5.41, 5.74) is 7.86. The molecule has 0 unspecified atom stereocenters. The number of carbonyl (C=O) groups excluding carboxylic acids is 1. The van der Waals surface area contributed by atoms with Crippen LogP contribution in [0.2, 0.25) is 0 Å². The molecule has 0 aliphatic carbocycles. The molecule has 0 heterocycles. The molecule has 19 heavy (non-hydrogen) atoms. The zero-order chi connectivity index (χ0) is 14.4. The van der Waals surface area contributed by atoms with E-state index in [4.69, 9.17) is 10.5 Å². The molecule has 0 bridgehead atoms. The second-order valence-corrected chi connectivity index (χ2v) is 4.70. The average molecular weight is 265 g/mol. The van der Waals surface area contributed by atoms with Gasteiger partial charge in [-0.15, -0.1) is 0 Å². The summed E-state index contributed by atoms with van der Waals surface area (Å²) in [5.74, 6) is -0.119. The Balaban J connectivity index is 2.84. The highest BCUT2D eigenvalue weighted by atomic mass is 16.5. The van der Waals surface area contributed by atoms with Crippen LogP contribution >= 0.6 is 0 Å². The first kappa shape index (κ1) is 15.3. The van der Waals surface area contributed by atoms with Crippen LogP contribution in [0.4, 0.5) is 11.4 Å². The Kier molecular flexibility index (Phi) is 5.63. The van der Waals surface area contributed by atoms with Crippen LogP contribution in [-0.4, -0.2) is 39.3 Å². The van der Waals surface area contributed by atoms with Crippen LogP contribution < -0.4 is 16.0 Å². The van der Waals surface area contributed by atoms with Gasteiger partial charge >= 0.3 is 0 Å². The van der Waals surface area contributed by atoms with E-state index in [2.05, 4.69) is 5.32 Å². The molecule has 5 heteroatoms. The highest BCUT2D eigenvalue weighted by Gasteiger charge is 2.13. The number of amides is 1. The highest BCUT2D eigenvalue weighted by Crippen LogP contribution is 2.22. The fourth-order valence-corrected chi connectivity index (χ4v) is 1.74. The molecule has 5 nitrogen and oxygen atoms in total. The normalized spacial score (nSPS) is 10.6. The van der Waals surface area contributed by atoms with Crippen molar-refractivity contribution in [3.63, 3.8) is 0 Å². The summed E-state index contributed by atoms with van der Waals surface area (Å²) in [4.78, 5) is 13.8. The monoisotopic (exact) mass is 265 g/mol. The van der Waals surface area contributed by atoms with Gasteiger partial charge in [0.1, 0.15) is 0 Å². The number of benzene rings is 1. The van der Waals surface area contributed by atoms with Crippen molar-refractivity contribution in [3.05, 3.63) is 23.8 Å². The second kappa shape index (κ2) is 6.99. The SMILES string of the molecule is CNC(=O)c1ccc(N)cc1N(C)CCOC(C)C. The topological polar surface area (TPSA) is 67.6 Å². The van der Waals surface area contributed by atoms with E-state index in [0.717, 1.165) is 5.69 Å². The van der Waals surface area contributed by atoms with Gasteiger partial charge in [-0.3, -0.25) is 4.79 Å². The molecule has 3 N–H and O–H groups in total. The molecule has 0 aromatic heterocycles. The van der Waals surface area contributed by atoms with Crippen LogP contribution in [0.5, 0.6) is 0 Å². The number of hydrogen-bond donors (Lipinski definition) is 2. The molecule has 0 saturated heterocycles. The number of hydrogen-bond acceptors (Lipinski definition) is 4. The molecule has 1 aromatic carbocycles. The van der Waals surface area contributed by atoms with Crippen molar-refractivity contribution in [2.75, 3.05) is 37.9 Å². The standard InChI is InChI=1S/C14H23N3O2/c1-10(2)19-8-7-17(4)13-9-11(15)5-6-12(13)14(18)16-3/h5-6,9-10H,7-8,15H2,1-4H3,(H,16,18). The van der Waals surface area contributed by atoms with Gasteiger partial charge in [-0.2, -0.15) is 0 Å². The molecule has 1 rings (SSSR count). The van der Waals surface area contributed by atoms with Crippen molar-refractivity contribution in [2.45, 2.75) is 20.0 Å². The highest BCUT2D eigenvalue weighted by molar-refractivity contribution is 6.00.